The molecular weight excluding hydrogens is 611 g/mol. The van der Waals surface area contributed by atoms with Crippen LogP contribution in [0.3, 0.4) is 0 Å². The van der Waals surface area contributed by atoms with E-state index in [1.165, 1.54) is 43.1 Å². The summed E-state index contributed by atoms with van der Waals surface area (Å²) in [6.45, 7) is 4.92. The molecule has 5 nitrogen and oxygen atoms in total. The molecule has 244 valence electrons. The fraction of sp³-hybridized carbons (Fsp3) is 0.244. The molecule has 0 N–H and O–H groups in total. The highest BCUT2D eigenvalue weighted by Gasteiger charge is 2.45. The van der Waals surface area contributed by atoms with E-state index >= 15 is 0 Å². The van der Waals surface area contributed by atoms with Gasteiger partial charge in [0.2, 0.25) is 0 Å². The minimum Gasteiger partial charge on any atom is -0.309 e. The molecule has 9 rings (SSSR count). The lowest BCUT2D eigenvalue weighted by atomic mass is 9.54. The van der Waals surface area contributed by atoms with E-state index in [2.05, 4.69) is 91.2 Å². The third-order valence-corrected chi connectivity index (χ3v) is 11.2. The van der Waals surface area contributed by atoms with Gasteiger partial charge in [-0.3, -0.25) is 0 Å². The Bertz CT molecular complexity index is 2400. The van der Waals surface area contributed by atoms with Crippen molar-refractivity contribution >= 4 is 21.8 Å². The molecule has 2 aromatic heterocycles. The number of hydrogen-bond donors (Lipinski definition) is 0. The molecule has 2 aliphatic rings. The van der Waals surface area contributed by atoms with Gasteiger partial charge in [0.1, 0.15) is 0 Å². The van der Waals surface area contributed by atoms with Gasteiger partial charge in [0, 0.05) is 33.2 Å². The van der Waals surface area contributed by atoms with Crippen molar-refractivity contribution in [2.45, 2.75) is 51.4 Å². The van der Waals surface area contributed by atoms with Crippen LogP contribution < -0.4 is 0 Å². The Balaban J connectivity index is 1.24. The molecule has 2 saturated carbocycles. The maximum Gasteiger partial charge on any atom is 0.166 e. The number of benzene rings is 5. The monoisotopic (exact) mass is 649 g/mol. The van der Waals surface area contributed by atoms with Gasteiger partial charge in [0.25, 0.3) is 0 Å². The van der Waals surface area contributed by atoms with Gasteiger partial charge in [-0.2, -0.15) is 5.26 Å². The van der Waals surface area contributed by atoms with Crippen molar-refractivity contribution < 1.29 is 0 Å². The topological polar surface area (TPSA) is 67.4 Å². The van der Waals surface area contributed by atoms with Gasteiger partial charge < -0.3 is 4.57 Å². The van der Waals surface area contributed by atoms with Crippen LogP contribution in [-0.2, 0) is 5.41 Å². The lowest BCUT2D eigenvalue weighted by molar-refractivity contribution is 0.0780. The van der Waals surface area contributed by atoms with E-state index < -0.39 is 0 Å². The van der Waals surface area contributed by atoms with Crippen LogP contribution in [0.1, 0.15) is 57.1 Å². The van der Waals surface area contributed by atoms with E-state index in [4.69, 9.17) is 15.0 Å². The van der Waals surface area contributed by atoms with Gasteiger partial charge >= 0.3 is 0 Å². The Kier molecular flexibility index (Phi) is 7.35. The molecule has 0 saturated heterocycles. The zero-order valence-electron chi connectivity index (χ0n) is 28.6. The number of rotatable bonds is 5. The summed E-state index contributed by atoms with van der Waals surface area (Å²) in [5.74, 6) is 4.12. The van der Waals surface area contributed by atoms with Crippen LogP contribution in [0.2, 0.25) is 0 Å². The van der Waals surface area contributed by atoms with Crippen molar-refractivity contribution in [3.8, 4) is 45.9 Å². The van der Waals surface area contributed by atoms with Gasteiger partial charge in [-0.25, -0.2) is 15.0 Å². The second kappa shape index (κ2) is 12.1. The van der Waals surface area contributed by atoms with Crippen molar-refractivity contribution in [1.29, 1.82) is 5.26 Å². The predicted molar refractivity (Wildman–Crippen MR) is 202 cm³/mol. The summed E-state index contributed by atoms with van der Waals surface area (Å²) in [6, 6.07) is 44.4. The van der Waals surface area contributed by atoms with E-state index in [9.17, 15) is 5.26 Å². The molecule has 50 heavy (non-hydrogen) atoms. The lowest BCUT2D eigenvalue weighted by Crippen LogP contribution is -2.42. The molecule has 2 aliphatic carbocycles. The van der Waals surface area contributed by atoms with E-state index in [1.807, 2.05) is 48.5 Å². The third kappa shape index (κ3) is 5.18. The smallest absolute Gasteiger partial charge is 0.166 e. The summed E-state index contributed by atoms with van der Waals surface area (Å²) in [4.78, 5) is 15.2. The average molecular weight is 650 g/mol. The average Bonchev–Trinajstić information content (AvgIpc) is 3.49. The van der Waals surface area contributed by atoms with Crippen molar-refractivity contribution in [2.75, 3.05) is 0 Å². The molecule has 7 aromatic rings. The second-order valence-electron chi connectivity index (χ2n) is 14.9. The standard InChI is InChI=1S/C45H39N5/c1-29-22-32-23-30(2)26-45(25-29,27-32)35-18-20-36(21-19-35)50-40-17-7-6-14-37(40)38-15-9-16-39(41(38)50)44-48-42(33-11-4-3-5-12-33)47-43(49-44)34-13-8-10-31(24-34)28-46/h3-21,24,29-30,32H,22-23,25-27H2,1-2H3/t29-,30+,32-,45?. The Morgan fingerprint density at radius 2 is 1.28 bits per heavy atom. The van der Waals surface area contributed by atoms with Crippen molar-refractivity contribution in [3.63, 3.8) is 0 Å². The zero-order chi connectivity index (χ0) is 33.8. The summed E-state index contributed by atoms with van der Waals surface area (Å²) in [5, 5.41) is 12.0. The highest BCUT2D eigenvalue weighted by atomic mass is 15.0. The van der Waals surface area contributed by atoms with Gasteiger partial charge in [-0.15, -0.1) is 0 Å². The van der Waals surface area contributed by atoms with Crippen LogP contribution in [-0.4, -0.2) is 19.5 Å². The molecule has 2 heterocycles. The largest absolute Gasteiger partial charge is 0.309 e. The van der Waals surface area contributed by atoms with Crippen LogP contribution in [0.5, 0.6) is 0 Å². The summed E-state index contributed by atoms with van der Waals surface area (Å²) >= 11 is 0. The molecule has 0 aliphatic heterocycles. The zero-order valence-corrected chi connectivity index (χ0v) is 28.6. The fourth-order valence-electron chi connectivity index (χ4n) is 9.56. The maximum absolute atomic E-state index is 9.65. The molecule has 4 atom stereocenters. The molecule has 0 amide bonds. The summed E-state index contributed by atoms with van der Waals surface area (Å²) in [6.07, 6.45) is 6.65. The third-order valence-electron chi connectivity index (χ3n) is 11.2. The SMILES string of the molecule is C[C@@H]1C[C@@H]2C[C@H](C)CC(c3ccc(-n4c5ccccc5c5cccc(-c6nc(-c7ccccc7)nc(-c7cccc(C#N)c7)n6)c54)cc3)(C1)C2. The quantitative estimate of drug-likeness (QED) is 0.186. The van der Waals surface area contributed by atoms with Gasteiger partial charge in [0.05, 0.1) is 22.7 Å². The van der Waals surface area contributed by atoms with Crippen molar-refractivity contribution in [3.05, 3.63) is 132 Å². The Morgan fingerprint density at radius 3 is 2.04 bits per heavy atom. The molecule has 5 aromatic carbocycles. The summed E-state index contributed by atoms with van der Waals surface area (Å²) < 4.78 is 2.39. The molecule has 2 fully saturated rings. The Labute approximate surface area is 293 Å². The first-order valence-electron chi connectivity index (χ1n) is 17.9. The Hall–Kier alpha value is -5.60. The van der Waals surface area contributed by atoms with E-state index in [1.54, 1.807) is 6.07 Å². The Morgan fingerprint density at radius 1 is 0.640 bits per heavy atom. The van der Waals surface area contributed by atoms with Gasteiger partial charge in [-0.05, 0) is 97.2 Å². The summed E-state index contributed by atoms with van der Waals surface area (Å²) in [5.41, 5.74) is 8.32. The minimum absolute atomic E-state index is 0.280. The minimum atomic E-state index is 0.280. The molecule has 2 bridgehead atoms. The van der Waals surface area contributed by atoms with Crippen LogP contribution >= 0.6 is 0 Å². The molecule has 1 unspecified atom stereocenters. The lowest BCUT2D eigenvalue weighted by Gasteiger charge is -2.50. The first kappa shape index (κ1) is 30.5. The highest BCUT2D eigenvalue weighted by Crippen LogP contribution is 2.54. The van der Waals surface area contributed by atoms with Crippen molar-refractivity contribution in [1.82, 2.24) is 19.5 Å². The molecule has 0 radical (unpaired) electrons. The van der Waals surface area contributed by atoms with Crippen molar-refractivity contribution in [2.24, 2.45) is 17.8 Å². The number of hydrogen-bond acceptors (Lipinski definition) is 4. The first-order chi connectivity index (χ1) is 24.5. The van der Waals surface area contributed by atoms with E-state index in [0.717, 1.165) is 56.6 Å². The number of nitrogens with zero attached hydrogens (tertiary/aromatic N) is 5. The number of nitriles is 1. The number of para-hydroxylation sites is 2. The van der Waals surface area contributed by atoms with Crippen LogP contribution in [0.15, 0.2) is 121 Å². The fourth-order valence-corrected chi connectivity index (χ4v) is 9.56. The van der Waals surface area contributed by atoms with Crippen LogP contribution in [0, 0.1) is 29.1 Å². The molecule has 0 spiro atoms. The summed E-state index contributed by atoms with van der Waals surface area (Å²) in [7, 11) is 0. The van der Waals surface area contributed by atoms with Gasteiger partial charge in [-0.1, -0.05) is 98.8 Å². The second-order valence-corrected chi connectivity index (χ2v) is 14.9. The normalized spacial score (nSPS) is 21.7. The highest BCUT2D eigenvalue weighted by molar-refractivity contribution is 6.13. The van der Waals surface area contributed by atoms with Crippen LogP contribution in [0.25, 0.3) is 61.7 Å². The maximum atomic E-state index is 9.65. The first-order valence-corrected chi connectivity index (χ1v) is 17.9. The van der Waals surface area contributed by atoms with E-state index in [-0.39, 0.29) is 5.41 Å². The van der Waals surface area contributed by atoms with Gasteiger partial charge in [0.15, 0.2) is 17.5 Å². The molecule has 5 heteroatoms. The predicted octanol–water partition coefficient (Wildman–Crippen LogP) is 10.9. The van der Waals surface area contributed by atoms with Crippen LogP contribution in [0.4, 0.5) is 0 Å². The number of aromatic nitrogens is 4. The molecular formula is C45H39N5. The number of fused-ring (bicyclic) bond motifs is 5. The van der Waals surface area contributed by atoms with E-state index in [0.29, 0.717) is 23.0 Å².